The van der Waals surface area contributed by atoms with Crippen molar-refractivity contribution in [2.45, 2.75) is 24.3 Å². The van der Waals surface area contributed by atoms with Crippen LogP contribution in [0.1, 0.15) is 24.6 Å². The summed E-state index contributed by atoms with van der Waals surface area (Å²) in [5.74, 6) is 1.03. The Morgan fingerprint density at radius 1 is 1.12 bits per heavy atom. The predicted octanol–water partition coefficient (Wildman–Crippen LogP) is 4.88. The van der Waals surface area contributed by atoms with Crippen LogP contribution in [0.4, 0.5) is 0 Å². The van der Waals surface area contributed by atoms with Crippen LogP contribution in [0.25, 0.3) is 16.6 Å². The molecule has 0 saturated carbocycles. The van der Waals surface area contributed by atoms with Gasteiger partial charge in [-0.2, -0.15) is 0 Å². The third-order valence-corrected chi connectivity index (χ3v) is 5.72. The second-order valence-corrected chi connectivity index (χ2v) is 8.44. The summed E-state index contributed by atoms with van der Waals surface area (Å²) in [5.41, 5.74) is 0.846. The van der Waals surface area contributed by atoms with Crippen LogP contribution in [0.3, 0.4) is 0 Å². The first-order valence-corrected chi connectivity index (χ1v) is 11.0. The molecule has 9 heteroatoms. The molecule has 4 rings (SSSR count). The Kier molecular flexibility index (Phi) is 6.72. The van der Waals surface area contributed by atoms with Crippen molar-refractivity contribution < 1.29 is 13.9 Å². The van der Waals surface area contributed by atoms with E-state index in [4.69, 9.17) is 37.3 Å². The first-order valence-electron chi connectivity index (χ1n) is 10.2. The summed E-state index contributed by atoms with van der Waals surface area (Å²) >= 11 is 11.9. The van der Waals surface area contributed by atoms with E-state index in [2.05, 4.69) is 0 Å². The average molecular weight is 486 g/mol. The standard InChI is InChI=1S/C24H21Cl2N3O4/c1-15(28(24(31)21(25)26)14-18-6-5-13-33-18)22-27-20-8-4-3-7-19(20)23(30)29(22)16-9-11-17(32-2)12-10-16/h3-13,15,21H,14H2,1-2H3. The maximum Gasteiger partial charge on any atom is 0.266 e. The molecule has 0 radical (unpaired) electrons. The molecule has 1 atom stereocenters. The van der Waals surface area contributed by atoms with Gasteiger partial charge in [-0.05, 0) is 55.5 Å². The number of hydrogen-bond donors (Lipinski definition) is 0. The summed E-state index contributed by atoms with van der Waals surface area (Å²) in [4.78, 5) is 31.4. The normalized spacial score (nSPS) is 12.2. The maximum absolute atomic E-state index is 13.6. The number of methoxy groups -OCH3 is 1. The van der Waals surface area contributed by atoms with E-state index in [0.717, 1.165) is 0 Å². The van der Waals surface area contributed by atoms with Crippen LogP contribution in [0.2, 0.25) is 0 Å². The van der Waals surface area contributed by atoms with Crippen LogP contribution in [-0.2, 0) is 11.3 Å². The number of benzene rings is 2. The molecule has 2 aromatic carbocycles. The zero-order valence-electron chi connectivity index (χ0n) is 17.9. The number of rotatable bonds is 7. The number of para-hydroxylation sites is 1. The van der Waals surface area contributed by atoms with Crippen molar-refractivity contribution in [3.05, 3.63) is 88.9 Å². The summed E-state index contributed by atoms with van der Waals surface area (Å²) in [5, 5.41) is 0.459. The molecule has 4 aromatic rings. The van der Waals surface area contributed by atoms with Crippen LogP contribution >= 0.6 is 23.2 Å². The number of fused-ring (bicyclic) bond motifs is 1. The summed E-state index contributed by atoms with van der Waals surface area (Å²) in [7, 11) is 1.57. The molecular weight excluding hydrogens is 465 g/mol. The van der Waals surface area contributed by atoms with Crippen LogP contribution in [0.15, 0.2) is 76.1 Å². The number of ether oxygens (including phenoxy) is 1. The van der Waals surface area contributed by atoms with Gasteiger partial charge in [-0.1, -0.05) is 35.3 Å². The quantitative estimate of drug-likeness (QED) is 0.348. The molecule has 2 heterocycles. The molecular formula is C24H21Cl2N3O4. The third kappa shape index (κ3) is 4.60. The largest absolute Gasteiger partial charge is 0.497 e. The Balaban J connectivity index is 1.91. The van der Waals surface area contributed by atoms with Gasteiger partial charge in [0.25, 0.3) is 11.5 Å². The van der Waals surface area contributed by atoms with Crippen molar-refractivity contribution in [2.24, 2.45) is 0 Å². The highest BCUT2D eigenvalue weighted by atomic mass is 35.5. The Morgan fingerprint density at radius 2 is 1.85 bits per heavy atom. The number of carbonyl (C=O) groups excluding carboxylic acids is 1. The van der Waals surface area contributed by atoms with E-state index in [1.165, 1.54) is 15.7 Å². The van der Waals surface area contributed by atoms with E-state index < -0.39 is 16.8 Å². The van der Waals surface area contributed by atoms with E-state index in [0.29, 0.717) is 33.9 Å². The minimum absolute atomic E-state index is 0.105. The van der Waals surface area contributed by atoms with Gasteiger partial charge in [-0.15, -0.1) is 0 Å². The Bertz CT molecular complexity index is 1320. The van der Waals surface area contributed by atoms with Gasteiger partial charge in [-0.25, -0.2) is 4.98 Å². The SMILES string of the molecule is COc1ccc(-n2c(C(C)N(Cc3ccco3)C(=O)C(Cl)Cl)nc3ccccc3c2=O)cc1. The molecule has 170 valence electrons. The Labute approximate surface area is 200 Å². The molecule has 7 nitrogen and oxygen atoms in total. The summed E-state index contributed by atoms with van der Waals surface area (Å²) in [6.07, 6.45) is 1.52. The number of carbonyl (C=O) groups is 1. The highest BCUT2D eigenvalue weighted by molar-refractivity contribution is 6.53. The molecule has 0 aliphatic rings. The fourth-order valence-electron chi connectivity index (χ4n) is 3.65. The molecule has 0 N–H and O–H groups in total. The molecule has 1 amide bonds. The second-order valence-electron chi connectivity index (χ2n) is 7.35. The van der Waals surface area contributed by atoms with E-state index >= 15 is 0 Å². The van der Waals surface area contributed by atoms with Crippen LogP contribution in [0.5, 0.6) is 5.75 Å². The summed E-state index contributed by atoms with van der Waals surface area (Å²) in [6, 6.07) is 16.9. The minimum atomic E-state index is -1.29. The van der Waals surface area contributed by atoms with Gasteiger partial charge in [-0.3, -0.25) is 14.2 Å². The van der Waals surface area contributed by atoms with E-state index in [1.807, 2.05) is 0 Å². The second kappa shape index (κ2) is 9.68. The highest BCUT2D eigenvalue weighted by Crippen LogP contribution is 2.27. The lowest BCUT2D eigenvalue weighted by Crippen LogP contribution is -2.39. The summed E-state index contributed by atoms with van der Waals surface area (Å²) < 4.78 is 12.2. The molecule has 0 aliphatic heterocycles. The van der Waals surface area contributed by atoms with Crippen molar-refractivity contribution in [1.82, 2.24) is 14.5 Å². The Morgan fingerprint density at radius 3 is 2.48 bits per heavy atom. The van der Waals surface area contributed by atoms with Crippen LogP contribution in [-0.4, -0.2) is 32.3 Å². The molecule has 2 aromatic heterocycles. The third-order valence-electron chi connectivity index (χ3n) is 5.35. The Hall–Kier alpha value is -3.29. The lowest BCUT2D eigenvalue weighted by Gasteiger charge is -2.30. The van der Waals surface area contributed by atoms with Crippen LogP contribution in [0, 0.1) is 0 Å². The zero-order chi connectivity index (χ0) is 23.5. The van der Waals surface area contributed by atoms with Crippen molar-refractivity contribution in [3.8, 4) is 11.4 Å². The number of nitrogens with zero attached hydrogens (tertiary/aromatic N) is 3. The first-order chi connectivity index (χ1) is 15.9. The topological polar surface area (TPSA) is 77.6 Å². The molecule has 0 saturated heterocycles. The number of halogens is 2. The smallest absolute Gasteiger partial charge is 0.266 e. The van der Waals surface area contributed by atoms with Gasteiger partial charge in [0.15, 0.2) is 4.84 Å². The van der Waals surface area contributed by atoms with Crippen molar-refractivity contribution in [3.63, 3.8) is 0 Å². The predicted molar refractivity (Wildman–Crippen MR) is 127 cm³/mol. The average Bonchev–Trinajstić information content (AvgIpc) is 3.35. The minimum Gasteiger partial charge on any atom is -0.497 e. The van der Waals surface area contributed by atoms with E-state index in [9.17, 15) is 9.59 Å². The summed E-state index contributed by atoms with van der Waals surface area (Å²) in [6.45, 7) is 1.88. The highest BCUT2D eigenvalue weighted by Gasteiger charge is 2.30. The lowest BCUT2D eigenvalue weighted by molar-refractivity contribution is -0.132. The lowest BCUT2D eigenvalue weighted by atomic mass is 10.1. The molecule has 0 bridgehead atoms. The van der Waals surface area contributed by atoms with Gasteiger partial charge < -0.3 is 14.1 Å². The number of amides is 1. The molecule has 0 aliphatic carbocycles. The molecule has 33 heavy (non-hydrogen) atoms. The molecule has 0 spiro atoms. The monoisotopic (exact) mass is 485 g/mol. The number of alkyl halides is 2. The van der Waals surface area contributed by atoms with E-state index in [-0.39, 0.29) is 12.1 Å². The van der Waals surface area contributed by atoms with Crippen LogP contribution < -0.4 is 10.3 Å². The van der Waals surface area contributed by atoms with Gasteiger partial charge >= 0.3 is 0 Å². The first kappa shape index (κ1) is 22.9. The maximum atomic E-state index is 13.6. The van der Waals surface area contributed by atoms with Crippen molar-refractivity contribution in [2.75, 3.05) is 7.11 Å². The molecule has 1 unspecified atom stereocenters. The fourth-order valence-corrected chi connectivity index (χ4v) is 3.90. The van der Waals surface area contributed by atoms with Crippen molar-refractivity contribution >= 4 is 40.0 Å². The van der Waals surface area contributed by atoms with E-state index in [1.54, 1.807) is 74.7 Å². The zero-order valence-corrected chi connectivity index (χ0v) is 19.5. The van der Waals surface area contributed by atoms with Gasteiger partial charge in [0, 0.05) is 0 Å². The van der Waals surface area contributed by atoms with Gasteiger partial charge in [0.2, 0.25) is 0 Å². The fraction of sp³-hybridized carbons (Fsp3) is 0.208. The number of hydrogen-bond acceptors (Lipinski definition) is 5. The number of aromatic nitrogens is 2. The van der Waals surface area contributed by atoms with Gasteiger partial charge in [0.1, 0.15) is 17.3 Å². The number of furan rings is 1. The molecule has 0 fully saturated rings. The van der Waals surface area contributed by atoms with Gasteiger partial charge in [0.05, 0.1) is 42.5 Å². The van der Waals surface area contributed by atoms with Crippen molar-refractivity contribution in [1.29, 1.82) is 0 Å².